The molecule has 4 rings (SSSR count). The summed E-state index contributed by atoms with van der Waals surface area (Å²) in [5, 5.41) is 3.03. The van der Waals surface area contributed by atoms with Gasteiger partial charge in [-0.3, -0.25) is 19.5 Å². The maximum atomic E-state index is 13.4. The van der Waals surface area contributed by atoms with E-state index < -0.39 is 11.4 Å². The molecule has 26 heavy (non-hydrogen) atoms. The van der Waals surface area contributed by atoms with E-state index in [1.807, 2.05) is 33.8 Å². The van der Waals surface area contributed by atoms with Crippen molar-refractivity contribution in [3.8, 4) is 0 Å². The second kappa shape index (κ2) is 5.78. The first-order chi connectivity index (χ1) is 12.3. The Bertz CT molecular complexity index is 772. The van der Waals surface area contributed by atoms with E-state index in [0.29, 0.717) is 11.3 Å². The standard InChI is InChI=1S/C20H27N3O3/c1-5-13-10-15-16(21-11-13)20(26-14-8-6-7-9-14)22-18(25)19(4,12(2)3)23(20)17(15)24/h10-12,14H,5-9H2,1-4H3,(H,22,25). The molecule has 140 valence electrons. The third-order valence-corrected chi connectivity index (χ3v) is 6.39. The molecule has 6 heteroatoms. The molecule has 3 heterocycles. The summed E-state index contributed by atoms with van der Waals surface area (Å²) in [5.74, 6) is -1.68. The Kier molecular flexibility index (Phi) is 3.88. The summed E-state index contributed by atoms with van der Waals surface area (Å²) in [6.45, 7) is 7.80. The minimum Gasteiger partial charge on any atom is -0.330 e. The number of ether oxygens (including phenoxy) is 1. The Morgan fingerprint density at radius 1 is 1.35 bits per heavy atom. The van der Waals surface area contributed by atoms with Crippen molar-refractivity contribution in [1.29, 1.82) is 0 Å². The fourth-order valence-corrected chi connectivity index (χ4v) is 4.44. The number of nitrogens with zero attached hydrogens (tertiary/aromatic N) is 2. The number of pyridine rings is 1. The Morgan fingerprint density at radius 3 is 2.65 bits per heavy atom. The minimum atomic E-state index is -1.27. The summed E-state index contributed by atoms with van der Waals surface area (Å²) in [6.07, 6.45) is 6.72. The molecule has 0 radical (unpaired) electrons. The SMILES string of the molecule is CCc1cnc2c(c1)C(=O)N1C2(OC2CCCC2)NC(=O)C1(C)C(C)C. The van der Waals surface area contributed by atoms with Gasteiger partial charge in [-0.05, 0) is 43.7 Å². The zero-order valence-corrected chi connectivity index (χ0v) is 16.0. The van der Waals surface area contributed by atoms with Crippen molar-refractivity contribution in [2.75, 3.05) is 0 Å². The highest BCUT2D eigenvalue weighted by Crippen LogP contribution is 2.50. The molecule has 0 spiro atoms. The van der Waals surface area contributed by atoms with Crippen LogP contribution in [0.1, 0.15) is 75.0 Å². The van der Waals surface area contributed by atoms with Crippen LogP contribution in [0.2, 0.25) is 0 Å². The average molecular weight is 357 g/mol. The van der Waals surface area contributed by atoms with Crippen molar-refractivity contribution in [2.24, 2.45) is 5.92 Å². The fraction of sp³-hybridized carbons (Fsp3) is 0.650. The van der Waals surface area contributed by atoms with Gasteiger partial charge in [-0.15, -0.1) is 0 Å². The summed E-state index contributed by atoms with van der Waals surface area (Å²) >= 11 is 0. The molecule has 1 aliphatic carbocycles. The van der Waals surface area contributed by atoms with E-state index in [1.54, 1.807) is 11.1 Å². The molecule has 2 fully saturated rings. The van der Waals surface area contributed by atoms with Crippen LogP contribution in [0.15, 0.2) is 12.3 Å². The number of fused-ring (bicyclic) bond motifs is 3. The zero-order valence-electron chi connectivity index (χ0n) is 16.0. The van der Waals surface area contributed by atoms with E-state index in [2.05, 4.69) is 10.3 Å². The van der Waals surface area contributed by atoms with Gasteiger partial charge in [-0.2, -0.15) is 0 Å². The fourth-order valence-electron chi connectivity index (χ4n) is 4.44. The van der Waals surface area contributed by atoms with Crippen molar-refractivity contribution in [1.82, 2.24) is 15.2 Å². The highest BCUT2D eigenvalue weighted by Gasteiger charge is 2.69. The number of aromatic nitrogens is 1. The average Bonchev–Trinajstić information content (AvgIpc) is 3.25. The lowest BCUT2D eigenvalue weighted by Gasteiger charge is -2.40. The molecule has 3 aliphatic rings. The van der Waals surface area contributed by atoms with Crippen LogP contribution in [0, 0.1) is 5.92 Å². The third kappa shape index (κ3) is 2.11. The Morgan fingerprint density at radius 2 is 2.04 bits per heavy atom. The van der Waals surface area contributed by atoms with Crippen molar-refractivity contribution >= 4 is 11.8 Å². The summed E-state index contributed by atoms with van der Waals surface area (Å²) in [6, 6.07) is 1.90. The van der Waals surface area contributed by atoms with Gasteiger partial charge in [0.25, 0.3) is 11.8 Å². The highest BCUT2D eigenvalue weighted by molar-refractivity contribution is 6.06. The number of amides is 2. The van der Waals surface area contributed by atoms with Crippen molar-refractivity contribution < 1.29 is 14.3 Å². The van der Waals surface area contributed by atoms with Gasteiger partial charge in [0.2, 0.25) is 5.91 Å². The quantitative estimate of drug-likeness (QED) is 0.899. The largest absolute Gasteiger partial charge is 0.330 e. The van der Waals surface area contributed by atoms with Crippen LogP contribution in [0.5, 0.6) is 0 Å². The first-order valence-corrected chi connectivity index (χ1v) is 9.69. The summed E-state index contributed by atoms with van der Waals surface area (Å²) in [5.41, 5.74) is 1.12. The molecule has 2 amide bonds. The molecule has 1 saturated heterocycles. The lowest BCUT2D eigenvalue weighted by Crippen LogP contribution is -2.57. The molecule has 1 aromatic rings. The van der Waals surface area contributed by atoms with E-state index in [9.17, 15) is 9.59 Å². The van der Waals surface area contributed by atoms with E-state index in [0.717, 1.165) is 37.7 Å². The molecule has 1 N–H and O–H groups in total. The summed E-state index contributed by atoms with van der Waals surface area (Å²) in [4.78, 5) is 32.6. The number of nitrogens with one attached hydrogen (secondary N) is 1. The van der Waals surface area contributed by atoms with Gasteiger partial charge in [0.05, 0.1) is 11.7 Å². The molecular weight excluding hydrogens is 330 g/mol. The lowest BCUT2D eigenvalue weighted by atomic mass is 9.87. The zero-order chi connectivity index (χ0) is 18.7. The number of rotatable bonds is 4. The maximum Gasteiger partial charge on any atom is 0.271 e. The lowest BCUT2D eigenvalue weighted by molar-refractivity contribution is -0.185. The smallest absolute Gasteiger partial charge is 0.271 e. The van der Waals surface area contributed by atoms with Gasteiger partial charge in [0, 0.05) is 6.20 Å². The van der Waals surface area contributed by atoms with Crippen molar-refractivity contribution in [2.45, 2.75) is 77.3 Å². The first-order valence-electron chi connectivity index (χ1n) is 9.69. The summed E-state index contributed by atoms with van der Waals surface area (Å²) in [7, 11) is 0. The molecule has 1 saturated carbocycles. The normalized spacial score (nSPS) is 30.9. The number of hydrogen-bond donors (Lipinski definition) is 1. The second-order valence-corrected chi connectivity index (χ2v) is 8.16. The topological polar surface area (TPSA) is 71.5 Å². The number of carbonyl (C=O) groups excluding carboxylic acids is 2. The Labute approximate surface area is 154 Å². The monoisotopic (exact) mass is 357 g/mol. The van der Waals surface area contributed by atoms with Gasteiger partial charge in [0.1, 0.15) is 11.2 Å². The summed E-state index contributed by atoms with van der Waals surface area (Å²) < 4.78 is 6.48. The van der Waals surface area contributed by atoms with Crippen LogP contribution >= 0.6 is 0 Å². The number of aryl methyl sites for hydroxylation is 1. The van der Waals surface area contributed by atoms with Crippen LogP contribution in [0.4, 0.5) is 0 Å². The van der Waals surface area contributed by atoms with Gasteiger partial charge in [-0.25, -0.2) is 0 Å². The minimum absolute atomic E-state index is 0.0266. The maximum absolute atomic E-state index is 13.4. The van der Waals surface area contributed by atoms with Crippen LogP contribution in [-0.2, 0) is 21.8 Å². The number of hydrogen-bond acceptors (Lipinski definition) is 4. The third-order valence-electron chi connectivity index (χ3n) is 6.39. The van der Waals surface area contributed by atoms with Gasteiger partial charge in [-0.1, -0.05) is 33.6 Å². The van der Waals surface area contributed by atoms with Gasteiger partial charge >= 0.3 is 0 Å². The first kappa shape index (κ1) is 17.5. The molecule has 1 aromatic heterocycles. The highest BCUT2D eigenvalue weighted by atomic mass is 16.6. The van der Waals surface area contributed by atoms with Crippen LogP contribution in [0.25, 0.3) is 0 Å². The predicted octanol–water partition coefficient (Wildman–Crippen LogP) is 2.71. The number of carbonyl (C=O) groups is 2. The second-order valence-electron chi connectivity index (χ2n) is 8.16. The predicted molar refractivity (Wildman–Crippen MR) is 96.2 cm³/mol. The van der Waals surface area contributed by atoms with Crippen LogP contribution < -0.4 is 5.32 Å². The molecule has 0 bridgehead atoms. The molecule has 2 aliphatic heterocycles. The Balaban J connectivity index is 1.89. The Hall–Kier alpha value is -1.95. The van der Waals surface area contributed by atoms with Crippen LogP contribution in [-0.4, -0.2) is 33.3 Å². The molecule has 2 atom stereocenters. The molecule has 6 nitrogen and oxygen atoms in total. The van der Waals surface area contributed by atoms with Gasteiger partial charge in [0.15, 0.2) is 0 Å². The van der Waals surface area contributed by atoms with E-state index >= 15 is 0 Å². The van der Waals surface area contributed by atoms with Crippen LogP contribution in [0.3, 0.4) is 0 Å². The van der Waals surface area contributed by atoms with E-state index in [4.69, 9.17) is 4.74 Å². The molecule has 2 unspecified atom stereocenters. The molecular formula is C20H27N3O3. The van der Waals surface area contributed by atoms with Gasteiger partial charge < -0.3 is 10.1 Å². The van der Waals surface area contributed by atoms with E-state index in [-0.39, 0.29) is 23.8 Å². The van der Waals surface area contributed by atoms with Crippen molar-refractivity contribution in [3.63, 3.8) is 0 Å². The molecule has 0 aromatic carbocycles. The van der Waals surface area contributed by atoms with Crippen molar-refractivity contribution in [3.05, 3.63) is 29.1 Å². The van der Waals surface area contributed by atoms with E-state index in [1.165, 1.54) is 0 Å².